The van der Waals surface area contributed by atoms with Crippen LogP contribution in [0.1, 0.15) is 11.7 Å². The number of hydrogen-bond acceptors (Lipinski definition) is 4. The van der Waals surface area contributed by atoms with Crippen LogP contribution in [-0.4, -0.2) is 52.1 Å². The Balaban J connectivity index is 1.57. The van der Waals surface area contributed by atoms with Crippen LogP contribution in [0.15, 0.2) is 42.7 Å². The fourth-order valence-corrected chi connectivity index (χ4v) is 3.02. The number of rotatable bonds is 5. The number of aromatic nitrogens is 2. The van der Waals surface area contributed by atoms with E-state index in [-0.39, 0.29) is 6.10 Å². The lowest BCUT2D eigenvalue weighted by molar-refractivity contribution is -0.0486. The van der Waals surface area contributed by atoms with Crippen molar-refractivity contribution < 1.29 is 9.84 Å². The molecule has 3 rings (SSSR count). The van der Waals surface area contributed by atoms with Crippen molar-refractivity contribution in [3.63, 3.8) is 0 Å². The molecular weight excluding hydrogens is 302 g/mol. The van der Waals surface area contributed by atoms with Gasteiger partial charge < -0.3 is 9.84 Å². The van der Waals surface area contributed by atoms with Crippen LogP contribution in [0, 0.1) is 0 Å². The first-order valence-electron chi connectivity index (χ1n) is 7.46. The van der Waals surface area contributed by atoms with E-state index >= 15 is 0 Å². The standard InChI is InChI=1S/C16H20ClN3O2/c17-15-5-2-1-4-14(15)16(21)12-19-8-9-22-13(10-19)11-20-7-3-6-18-20/h1-7,13,16,21H,8-12H2/t13-,16+/m1/s1. The van der Waals surface area contributed by atoms with Crippen LogP contribution < -0.4 is 0 Å². The van der Waals surface area contributed by atoms with Crippen LogP contribution in [0.2, 0.25) is 5.02 Å². The number of aliphatic hydroxyl groups is 1. The molecule has 1 fully saturated rings. The first-order chi connectivity index (χ1) is 10.7. The Kier molecular flexibility index (Phi) is 5.10. The molecule has 1 aliphatic rings. The van der Waals surface area contributed by atoms with E-state index in [1.807, 2.05) is 35.1 Å². The second kappa shape index (κ2) is 7.24. The van der Waals surface area contributed by atoms with Crippen molar-refractivity contribution >= 4 is 11.6 Å². The highest BCUT2D eigenvalue weighted by molar-refractivity contribution is 6.31. The van der Waals surface area contributed by atoms with Crippen molar-refractivity contribution in [3.05, 3.63) is 53.3 Å². The molecule has 1 saturated heterocycles. The summed E-state index contributed by atoms with van der Waals surface area (Å²) in [5.41, 5.74) is 0.777. The van der Waals surface area contributed by atoms with Crippen molar-refractivity contribution in [2.45, 2.75) is 18.8 Å². The van der Waals surface area contributed by atoms with Gasteiger partial charge in [0.25, 0.3) is 0 Å². The van der Waals surface area contributed by atoms with E-state index < -0.39 is 6.10 Å². The molecular formula is C16H20ClN3O2. The number of aliphatic hydroxyl groups excluding tert-OH is 1. The van der Waals surface area contributed by atoms with Crippen LogP contribution in [0.4, 0.5) is 0 Å². The van der Waals surface area contributed by atoms with Gasteiger partial charge in [-0.2, -0.15) is 5.10 Å². The molecule has 118 valence electrons. The molecule has 6 heteroatoms. The molecule has 1 aliphatic heterocycles. The van der Waals surface area contributed by atoms with E-state index in [0.29, 0.717) is 18.2 Å². The predicted molar refractivity (Wildman–Crippen MR) is 84.8 cm³/mol. The van der Waals surface area contributed by atoms with E-state index in [1.165, 1.54) is 0 Å². The summed E-state index contributed by atoms with van der Waals surface area (Å²) in [7, 11) is 0. The maximum absolute atomic E-state index is 10.4. The largest absolute Gasteiger partial charge is 0.387 e. The van der Waals surface area contributed by atoms with Gasteiger partial charge in [-0.1, -0.05) is 29.8 Å². The number of hydrogen-bond donors (Lipinski definition) is 1. The second-order valence-electron chi connectivity index (χ2n) is 5.52. The van der Waals surface area contributed by atoms with Crippen LogP contribution in [-0.2, 0) is 11.3 Å². The Hall–Kier alpha value is -1.40. The summed E-state index contributed by atoms with van der Waals surface area (Å²) in [6.07, 6.45) is 3.20. The average Bonchev–Trinajstić information content (AvgIpc) is 3.01. The highest BCUT2D eigenvalue weighted by atomic mass is 35.5. The maximum Gasteiger partial charge on any atom is 0.0931 e. The molecule has 1 aromatic heterocycles. The Morgan fingerprint density at radius 2 is 2.23 bits per heavy atom. The number of benzene rings is 1. The number of morpholine rings is 1. The van der Waals surface area contributed by atoms with Crippen LogP contribution >= 0.6 is 11.6 Å². The summed E-state index contributed by atoms with van der Waals surface area (Å²) in [5, 5.41) is 15.2. The third kappa shape index (κ3) is 3.87. The summed E-state index contributed by atoms with van der Waals surface area (Å²) in [6.45, 7) is 3.55. The minimum absolute atomic E-state index is 0.0899. The third-order valence-corrected chi connectivity index (χ3v) is 4.21. The van der Waals surface area contributed by atoms with Crippen molar-refractivity contribution in [2.75, 3.05) is 26.2 Å². The van der Waals surface area contributed by atoms with Crippen LogP contribution in [0.5, 0.6) is 0 Å². The van der Waals surface area contributed by atoms with Gasteiger partial charge in [-0.05, 0) is 12.1 Å². The van der Waals surface area contributed by atoms with Crippen molar-refractivity contribution in [1.29, 1.82) is 0 Å². The minimum atomic E-state index is -0.586. The lowest BCUT2D eigenvalue weighted by Gasteiger charge is -2.34. The van der Waals surface area contributed by atoms with Gasteiger partial charge in [-0.25, -0.2) is 0 Å². The topological polar surface area (TPSA) is 50.5 Å². The fourth-order valence-electron chi connectivity index (χ4n) is 2.76. The van der Waals surface area contributed by atoms with Crippen molar-refractivity contribution in [3.8, 4) is 0 Å². The van der Waals surface area contributed by atoms with Gasteiger partial charge in [-0.3, -0.25) is 9.58 Å². The molecule has 2 aromatic rings. The molecule has 2 atom stereocenters. The monoisotopic (exact) mass is 321 g/mol. The van der Waals surface area contributed by atoms with Gasteiger partial charge in [0.05, 0.1) is 25.4 Å². The van der Waals surface area contributed by atoms with Crippen molar-refractivity contribution in [1.82, 2.24) is 14.7 Å². The highest BCUT2D eigenvalue weighted by Gasteiger charge is 2.23. The molecule has 0 bridgehead atoms. The van der Waals surface area contributed by atoms with Gasteiger partial charge in [0, 0.05) is 42.6 Å². The average molecular weight is 322 g/mol. The highest BCUT2D eigenvalue weighted by Crippen LogP contribution is 2.23. The van der Waals surface area contributed by atoms with E-state index in [9.17, 15) is 5.11 Å². The Morgan fingerprint density at radius 3 is 3.00 bits per heavy atom. The SMILES string of the molecule is O[C@@H](CN1CCO[C@@H](Cn2cccn2)C1)c1ccccc1Cl. The molecule has 0 amide bonds. The van der Waals surface area contributed by atoms with Gasteiger partial charge in [0.2, 0.25) is 0 Å². The molecule has 1 aromatic carbocycles. The molecule has 1 N–H and O–H groups in total. The molecule has 2 heterocycles. The van der Waals surface area contributed by atoms with E-state index in [0.717, 1.165) is 25.2 Å². The van der Waals surface area contributed by atoms with E-state index in [2.05, 4.69) is 10.00 Å². The summed E-state index contributed by atoms with van der Waals surface area (Å²) >= 11 is 6.15. The molecule has 0 unspecified atom stereocenters. The zero-order valence-electron chi connectivity index (χ0n) is 12.3. The third-order valence-electron chi connectivity index (χ3n) is 3.87. The molecule has 22 heavy (non-hydrogen) atoms. The number of ether oxygens (including phenoxy) is 1. The second-order valence-corrected chi connectivity index (χ2v) is 5.92. The molecule has 5 nitrogen and oxygen atoms in total. The zero-order valence-corrected chi connectivity index (χ0v) is 13.1. The van der Waals surface area contributed by atoms with Crippen molar-refractivity contribution in [2.24, 2.45) is 0 Å². The number of β-amino-alcohol motifs (C(OH)–C–C–N with tert-alkyl or cyclic N) is 1. The quantitative estimate of drug-likeness (QED) is 0.915. The number of halogens is 1. The zero-order chi connectivity index (χ0) is 15.4. The summed E-state index contributed by atoms with van der Waals surface area (Å²) in [4.78, 5) is 2.21. The van der Waals surface area contributed by atoms with Crippen LogP contribution in [0.25, 0.3) is 0 Å². The lowest BCUT2D eigenvalue weighted by Crippen LogP contribution is -2.45. The normalized spacial score (nSPS) is 20.9. The summed E-state index contributed by atoms with van der Waals surface area (Å²) < 4.78 is 7.66. The van der Waals surface area contributed by atoms with Gasteiger partial charge >= 0.3 is 0 Å². The van der Waals surface area contributed by atoms with Gasteiger partial charge in [-0.15, -0.1) is 0 Å². The molecule has 0 saturated carbocycles. The van der Waals surface area contributed by atoms with Gasteiger partial charge in [0.15, 0.2) is 0 Å². The molecule has 0 spiro atoms. The Bertz CT molecular complexity index is 591. The Morgan fingerprint density at radius 1 is 1.36 bits per heavy atom. The first kappa shape index (κ1) is 15.5. The van der Waals surface area contributed by atoms with Crippen LogP contribution in [0.3, 0.4) is 0 Å². The minimum Gasteiger partial charge on any atom is -0.387 e. The maximum atomic E-state index is 10.4. The predicted octanol–water partition coefficient (Wildman–Crippen LogP) is 1.97. The smallest absolute Gasteiger partial charge is 0.0931 e. The summed E-state index contributed by atoms with van der Waals surface area (Å²) in [6, 6.07) is 9.34. The summed E-state index contributed by atoms with van der Waals surface area (Å²) in [5.74, 6) is 0. The first-order valence-corrected chi connectivity index (χ1v) is 7.84. The lowest BCUT2D eigenvalue weighted by atomic mass is 10.1. The van der Waals surface area contributed by atoms with E-state index in [4.69, 9.17) is 16.3 Å². The van der Waals surface area contributed by atoms with Gasteiger partial charge in [0.1, 0.15) is 0 Å². The fraction of sp³-hybridized carbons (Fsp3) is 0.438. The van der Waals surface area contributed by atoms with E-state index in [1.54, 1.807) is 12.3 Å². The Labute approximate surface area is 135 Å². The molecule has 0 radical (unpaired) electrons. The molecule has 0 aliphatic carbocycles. The number of nitrogens with zero attached hydrogens (tertiary/aromatic N) is 3.